The normalized spacial score (nSPS) is 17.3. The largest absolute Gasteiger partial charge is 0.493 e. The number of methoxy groups -OCH3 is 1. The average Bonchev–Trinajstić information content (AvgIpc) is 3.00. The van der Waals surface area contributed by atoms with Crippen LogP contribution >= 0.6 is 0 Å². The Morgan fingerprint density at radius 2 is 2.12 bits per heavy atom. The molecule has 0 aliphatic carbocycles. The maximum Gasteiger partial charge on any atom is 0.410 e. The molecule has 2 rings (SSSR count). The molecule has 0 aromatic heterocycles. The van der Waals surface area contributed by atoms with Crippen molar-refractivity contribution in [1.82, 2.24) is 4.90 Å². The van der Waals surface area contributed by atoms with Crippen molar-refractivity contribution in [2.24, 2.45) is 0 Å². The van der Waals surface area contributed by atoms with Crippen molar-refractivity contribution in [2.75, 3.05) is 38.7 Å². The van der Waals surface area contributed by atoms with Crippen LogP contribution in [0.2, 0.25) is 0 Å². The molecule has 7 heteroatoms. The summed E-state index contributed by atoms with van der Waals surface area (Å²) in [6.45, 7) is 6.99. The third-order valence-corrected chi connectivity index (χ3v) is 3.72. The van der Waals surface area contributed by atoms with Gasteiger partial charge in [-0.2, -0.15) is 0 Å². The maximum atomic E-state index is 12.1. The van der Waals surface area contributed by atoms with E-state index < -0.39 is 5.60 Å². The van der Waals surface area contributed by atoms with Gasteiger partial charge in [0.15, 0.2) is 11.5 Å². The molecule has 25 heavy (non-hydrogen) atoms. The van der Waals surface area contributed by atoms with Gasteiger partial charge in [-0.3, -0.25) is 0 Å². The highest BCUT2D eigenvalue weighted by atomic mass is 16.6. The molecule has 1 aliphatic heterocycles. The summed E-state index contributed by atoms with van der Waals surface area (Å²) in [4.78, 5) is 13.8. The molecule has 0 spiro atoms. The van der Waals surface area contributed by atoms with Crippen molar-refractivity contribution < 1.29 is 24.1 Å². The summed E-state index contributed by atoms with van der Waals surface area (Å²) in [6, 6.07) is 5.70. The van der Waals surface area contributed by atoms with Crippen molar-refractivity contribution in [3.8, 4) is 11.5 Å². The molecular formula is C18H28N2O5. The minimum atomic E-state index is -0.489. The fourth-order valence-electron chi connectivity index (χ4n) is 2.64. The van der Waals surface area contributed by atoms with Crippen molar-refractivity contribution in [2.45, 2.75) is 38.8 Å². The minimum absolute atomic E-state index is 0.0612. The Balaban J connectivity index is 1.95. The lowest BCUT2D eigenvalue weighted by molar-refractivity contribution is 0.0293. The van der Waals surface area contributed by atoms with Crippen molar-refractivity contribution >= 4 is 11.8 Å². The van der Waals surface area contributed by atoms with Gasteiger partial charge in [0.1, 0.15) is 12.2 Å². The quantitative estimate of drug-likeness (QED) is 0.819. The van der Waals surface area contributed by atoms with E-state index in [0.29, 0.717) is 24.6 Å². The van der Waals surface area contributed by atoms with Crippen LogP contribution in [0.4, 0.5) is 10.5 Å². The summed E-state index contributed by atoms with van der Waals surface area (Å²) in [6.07, 6.45) is 0.566. The molecule has 1 aromatic carbocycles. The van der Waals surface area contributed by atoms with Gasteiger partial charge >= 0.3 is 6.09 Å². The van der Waals surface area contributed by atoms with Crippen molar-refractivity contribution in [3.63, 3.8) is 0 Å². The smallest absolute Gasteiger partial charge is 0.410 e. The number of carbonyl (C=O) groups excluding carboxylic acids is 1. The highest BCUT2D eigenvalue weighted by Gasteiger charge is 2.29. The molecular weight excluding hydrogens is 324 g/mol. The Kier molecular flexibility index (Phi) is 6.36. The fourth-order valence-corrected chi connectivity index (χ4v) is 2.64. The lowest BCUT2D eigenvalue weighted by Gasteiger charge is -2.24. The Hall–Kier alpha value is -2.15. The number of ether oxygens (including phenoxy) is 3. The molecule has 1 fully saturated rings. The number of aliphatic hydroxyl groups is 1. The van der Waals surface area contributed by atoms with Gasteiger partial charge in [-0.05, 0) is 39.3 Å². The summed E-state index contributed by atoms with van der Waals surface area (Å²) in [5.74, 6) is 1.18. The Morgan fingerprint density at radius 3 is 2.76 bits per heavy atom. The number of rotatable bonds is 6. The fraction of sp³-hybridized carbons (Fsp3) is 0.611. The maximum absolute atomic E-state index is 12.1. The van der Waals surface area contributed by atoms with E-state index in [-0.39, 0.29) is 25.3 Å². The number of likely N-dealkylation sites (tertiary alicyclic amines) is 1. The van der Waals surface area contributed by atoms with E-state index in [1.165, 1.54) is 0 Å². The molecule has 0 saturated carbocycles. The molecule has 1 aliphatic rings. The Bertz CT molecular complexity index is 585. The SMILES string of the molecule is COc1ccc(NC2CCN(C(=O)OC(C)(C)C)C2)cc1OCCO. The Morgan fingerprint density at radius 1 is 1.36 bits per heavy atom. The zero-order valence-corrected chi connectivity index (χ0v) is 15.4. The molecule has 0 bridgehead atoms. The number of amides is 1. The molecule has 0 radical (unpaired) electrons. The first-order valence-corrected chi connectivity index (χ1v) is 8.48. The summed E-state index contributed by atoms with van der Waals surface area (Å²) in [7, 11) is 1.57. The van der Waals surface area contributed by atoms with Crippen molar-refractivity contribution in [3.05, 3.63) is 18.2 Å². The molecule has 1 atom stereocenters. The van der Waals surface area contributed by atoms with Crippen LogP contribution in [0, 0.1) is 0 Å². The molecule has 1 aromatic rings. The second-order valence-corrected chi connectivity index (χ2v) is 6.99. The van der Waals surface area contributed by atoms with Gasteiger partial charge in [0.2, 0.25) is 0 Å². The van der Waals surface area contributed by atoms with Gasteiger partial charge in [0.25, 0.3) is 0 Å². The minimum Gasteiger partial charge on any atom is -0.493 e. The Labute approximate surface area is 148 Å². The zero-order valence-electron chi connectivity index (χ0n) is 15.4. The number of benzene rings is 1. The van der Waals surface area contributed by atoms with Gasteiger partial charge < -0.3 is 29.5 Å². The topological polar surface area (TPSA) is 80.3 Å². The molecule has 1 unspecified atom stereocenters. The molecule has 1 heterocycles. The van der Waals surface area contributed by atoms with Crippen LogP contribution in [0.15, 0.2) is 18.2 Å². The first-order chi connectivity index (χ1) is 11.8. The monoisotopic (exact) mass is 352 g/mol. The first kappa shape index (κ1) is 19.2. The number of aliphatic hydroxyl groups excluding tert-OH is 1. The lowest BCUT2D eigenvalue weighted by atomic mass is 10.2. The zero-order chi connectivity index (χ0) is 18.4. The van der Waals surface area contributed by atoms with Crippen LogP contribution in [0.3, 0.4) is 0 Å². The summed E-state index contributed by atoms with van der Waals surface area (Å²) < 4.78 is 16.2. The van der Waals surface area contributed by atoms with E-state index in [1.54, 1.807) is 12.0 Å². The predicted octanol–water partition coefficient (Wildman–Crippen LogP) is 2.49. The second kappa shape index (κ2) is 8.29. The van der Waals surface area contributed by atoms with E-state index in [9.17, 15) is 4.79 Å². The van der Waals surface area contributed by atoms with Crippen molar-refractivity contribution in [1.29, 1.82) is 0 Å². The molecule has 140 valence electrons. The third-order valence-electron chi connectivity index (χ3n) is 3.72. The van der Waals surface area contributed by atoms with Gasteiger partial charge in [-0.15, -0.1) is 0 Å². The van der Waals surface area contributed by atoms with Gasteiger partial charge in [0, 0.05) is 30.9 Å². The van der Waals surface area contributed by atoms with E-state index in [2.05, 4.69) is 5.32 Å². The summed E-state index contributed by atoms with van der Waals surface area (Å²) in [5, 5.41) is 12.3. The lowest BCUT2D eigenvalue weighted by Crippen LogP contribution is -2.36. The van der Waals surface area contributed by atoms with Crippen LogP contribution in [0.1, 0.15) is 27.2 Å². The first-order valence-electron chi connectivity index (χ1n) is 8.48. The van der Waals surface area contributed by atoms with Crippen LogP contribution in [-0.2, 0) is 4.74 Å². The second-order valence-electron chi connectivity index (χ2n) is 6.99. The number of hydrogen-bond donors (Lipinski definition) is 2. The molecule has 1 amide bonds. The van der Waals surface area contributed by atoms with Crippen LogP contribution in [-0.4, -0.2) is 61.2 Å². The van der Waals surface area contributed by atoms with E-state index in [4.69, 9.17) is 19.3 Å². The summed E-state index contributed by atoms with van der Waals surface area (Å²) >= 11 is 0. The molecule has 2 N–H and O–H groups in total. The molecule has 1 saturated heterocycles. The predicted molar refractivity (Wildman–Crippen MR) is 95.4 cm³/mol. The van der Waals surface area contributed by atoms with E-state index in [1.807, 2.05) is 39.0 Å². The number of hydrogen-bond acceptors (Lipinski definition) is 6. The molecule has 7 nitrogen and oxygen atoms in total. The standard InChI is InChI=1S/C18H28N2O5/c1-18(2,3)25-17(22)20-8-7-14(12-20)19-13-5-6-15(23-4)16(11-13)24-10-9-21/h5-6,11,14,19,21H,7-10,12H2,1-4H3. The average molecular weight is 352 g/mol. The number of nitrogens with zero attached hydrogens (tertiary/aromatic N) is 1. The number of carbonyl (C=O) groups is 1. The number of nitrogens with one attached hydrogen (secondary N) is 1. The summed E-state index contributed by atoms with van der Waals surface area (Å²) in [5.41, 5.74) is 0.391. The highest BCUT2D eigenvalue weighted by Crippen LogP contribution is 2.31. The van der Waals surface area contributed by atoms with E-state index >= 15 is 0 Å². The van der Waals surface area contributed by atoms with Gasteiger partial charge in [-0.1, -0.05) is 0 Å². The number of anilines is 1. The highest BCUT2D eigenvalue weighted by molar-refractivity contribution is 5.68. The van der Waals surface area contributed by atoms with Crippen LogP contribution in [0.5, 0.6) is 11.5 Å². The van der Waals surface area contributed by atoms with E-state index in [0.717, 1.165) is 12.1 Å². The van der Waals surface area contributed by atoms with Gasteiger partial charge in [-0.25, -0.2) is 4.79 Å². The van der Waals surface area contributed by atoms with Crippen LogP contribution in [0.25, 0.3) is 0 Å². The van der Waals surface area contributed by atoms with Crippen LogP contribution < -0.4 is 14.8 Å². The van der Waals surface area contributed by atoms with Gasteiger partial charge in [0.05, 0.1) is 13.7 Å². The third kappa shape index (κ3) is 5.70.